The van der Waals surface area contributed by atoms with Crippen molar-refractivity contribution in [1.29, 1.82) is 0 Å². The number of nitrogens with zero attached hydrogens (tertiary/aromatic N) is 3. The van der Waals surface area contributed by atoms with Crippen LogP contribution in [0.15, 0.2) is 35.3 Å². The first-order chi connectivity index (χ1) is 12.9. The lowest BCUT2D eigenvalue weighted by atomic mass is 9.89. The summed E-state index contributed by atoms with van der Waals surface area (Å²) in [5.41, 5.74) is 2.62. The molecule has 2 heterocycles. The van der Waals surface area contributed by atoms with Crippen molar-refractivity contribution in [2.45, 2.75) is 58.1 Å². The third-order valence-electron chi connectivity index (χ3n) is 5.53. The van der Waals surface area contributed by atoms with Gasteiger partial charge in [-0.1, -0.05) is 43.5 Å². The lowest BCUT2D eigenvalue weighted by Gasteiger charge is -2.21. The highest BCUT2D eigenvalue weighted by atomic mass is 16.3. The van der Waals surface area contributed by atoms with Gasteiger partial charge in [0.05, 0.1) is 17.5 Å². The van der Waals surface area contributed by atoms with E-state index < -0.39 is 5.60 Å². The number of hydrogen-bond acceptors (Lipinski definition) is 4. The number of aromatic amines is 1. The quantitative estimate of drug-likeness (QED) is 0.739. The van der Waals surface area contributed by atoms with Crippen LogP contribution in [0.1, 0.15) is 51.5 Å². The molecule has 27 heavy (non-hydrogen) atoms. The summed E-state index contributed by atoms with van der Waals surface area (Å²) in [6, 6.07) is 7.65. The molecular formula is C21H26N4O2. The SMILES string of the molecule is CC(C)(O)c1ccc(-c2cnc3[nH]c(=O)n(CC4CCCCC4)c3n2)cc1. The smallest absolute Gasteiger partial charge is 0.328 e. The average molecular weight is 366 g/mol. The minimum absolute atomic E-state index is 0.134. The monoisotopic (exact) mass is 366 g/mol. The van der Waals surface area contributed by atoms with E-state index in [1.165, 1.54) is 32.1 Å². The van der Waals surface area contributed by atoms with E-state index in [9.17, 15) is 9.90 Å². The molecule has 0 aliphatic heterocycles. The third kappa shape index (κ3) is 3.67. The zero-order chi connectivity index (χ0) is 19.0. The molecule has 3 aromatic rings. The molecule has 1 aliphatic rings. The van der Waals surface area contributed by atoms with Gasteiger partial charge in [-0.15, -0.1) is 0 Å². The van der Waals surface area contributed by atoms with Crippen LogP contribution in [0.3, 0.4) is 0 Å². The first kappa shape index (κ1) is 17.9. The van der Waals surface area contributed by atoms with E-state index in [1.54, 1.807) is 24.6 Å². The van der Waals surface area contributed by atoms with Crippen molar-refractivity contribution >= 4 is 11.3 Å². The van der Waals surface area contributed by atoms with Gasteiger partial charge in [0, 0.05) is 12.1 Å². The van der Waals surface area contributed by atoms with E-state index in [-0.39, 0.29) is 5.69 Å². The highest BCUT2D eigenvalue weighted by Crippen LogP contribution is 2.26. The van der Waals surface area contributed by atoms with E-state index in [0.29, 0.717) is 23.8 Å². The number of rotatable bonds is 4. The van der Waals surface area contributed by atoms with Gasteiger partial charge in [-0.05, 0) is 38.2 Å². The number of nitrogens with one attached hydrogen (secondary N) is 1. The van der Waals surface area contributed by atoms with Crippen LogP contribution in [0.25, 0.3) is 22.6 Å². The molecule has 0 bridgehead atoms. The second-order valence-corrected chi connectivity index (χ2v) is 8.11. The van der Waals surface area contributed by atoms with Crippen LogP contribution in [0.5, 0.6) is 0 Å². The van der Waals surface area contributed by atoms with Gasteiger partial charge in [0.1, 0.15) is 0 Å². The number of benzene rings is 1. The first-order valence-corrected chi connectivity index (χ1v) is 9.70. The van der Waals surface area contributed by atoms with Crippen LogP contribution in [0.4, 0.5) is 0 Å². The van der Waals surface area contributed by atoms with Crippen LogP contribution in [-0.2, 0) is 12.1 Å². The van der Waals surface area contributed by atoms with Crippen LogP contribution in [0, 0.1) is 5.92 Å². The Balaban J connectivity index is 1.68. The number of fused-ring (bicyclic) bond motifs is 1. The maximum Gasteiger partial charge on any atom is 0.328 e. The third-order valence-corrected chi connectivity index (χ3v) is 5.53. The second-order valence-electron chi connectivity index (χ2n) is 8.11. The Morgan fingerprint density at radius 3 is 2.56 bits per heavy atom. The van der Waals surface area contributed by atoms with Gasteiger partial charge in [0.15, 0.2) is 11.3 Å². The van der Waals surface area contributed by atoms with Crippen molar-refractivity contribution in [3.63, 3.8) is 0 Å². The van der Waals surface area contributed by atoms with Gasteiger partial charge >= 0.3 is 5.69 Å². The Hall–Kier alpha value is -2.47. The molecule has 1 aromatic carbocycles. The van der Waals surface area contributed by atoms with E-state index in [1.807, 2.05) is 24.3 Å². The summed E-state index contributed by atoms with van der Waals surface area (Å²) in [5, 5.41) is 10.1. The number of aliphatic hydroxyl groups is 1. The Labute approximate surface area is 158 Å². The fourth-order valence-electron chi connectivity index (χ4n) is 3.91. The van der Waals surface area contributed by atoms with E-state index >= 15 is 0 Å². The summed E-state index contributed by atoms with van der Waals surface area (Å²) in [6.45, 7) is 4.23. The van der Waals surface area contributed by atoms with Crippen LogP contribution in [0.2, 0.25) is 0 Å². The van der Waals surface area contributed by atoms with E-state index in [4.69, 9.17) is 4.98 Å². The maximum absolute atomic E-state index is 12.4. The van der Waals surface area contributed by atoms with Crippen LogP contribution < -0.4 is 5.69 Å². The van der Waals surface area contributed by atoms with Crippen molar-refractivity contribution < 1.29 is 5.11 Å². The molecule has 0 atom stereocenters. The summed E-state index contributed by atoms with van der Waals surface area (Å²) in [4.78, 5) is 24.4. The van der Waals surface area contributed by atoms with E-state index in [2.05, 4.69) is 9.97 Å². The molecule has 2 N–H and O–H groups in total. The standard InChI is InChI=1S/C21H26N4O2/c1-21(2,27)16-10-8-15(9-11-16)17-12-22-18-19(23-17)25(20(26)24-18)13-14-6-4-3-5-7-14/h8-12,14,27H,3-7,13H2,1-2H3,(H,22,24,26). The molecule has 1 saturated carbocycles. The van der Waals surface area contributed by atoms with Crippen molar-refractivity contribution in [2.75, 3.05) is 0 Å². The Morgan fingerprint density at radius 1 is 1.19 bits per heavy atom. The minimum atomic E-state index is -0.880. The van der Waals surface area contributed by atoms with E-state index in [0.717, 1.165) is 16.8 Å². The van der Waals surface area contributed by atoms with Gasteiger partial charge < -0.3 is 5.11 Å². The van der Waals surface area contributed by atoms with Gasteiger partial charge in [-0.25, -0.2) is 14.8 Å². The van der Waals surface area contributed by atoms with Crippen molar-refractivity contribution in [2.24, 2.45) is 5.92 Å². The number of aromatic nitrogens is 4. The van der Waals surface area contributed by atoms with Gasteiger partial charge in [0.25, 0.3) is 0 Å². The van der Waals surface area contributed by atoms with Crippen molar-refractivity contribution in [3.05, 3.63) is 46.5 Å². The lowest BCUT2D eigenvalue weighted by molar-refractivity contribution is 0.0786. The number of imidazole rings is 1. The molecule has 0 radical (unpaired) electrons. The van der Waals surface area contributed by atoms with Crippen LogP contribution >= 0.6 is 0 Å². The Bertz CT molecular complexity index is 990. The lowest BCUT2D eigenvalue weighted by Crippen LogP contribution is -2.23. The zero-order valence-electron chi connectivity index (χ0n) is 15.9. The number of H-pyrrole nitrogens is 1. The highest BCUT2D eigenvalue weighted by molar-refractivity contribution is 5.70. The first-order valence-electron chi connectivity index (χ1n) is 9.70. The molecule has 4 rings (SSSR count). The zero-order valence-corrected chi connectivity index (χ0v) is 15.9. The molecule has 1 aliphatic carbocycles. The largest absolute Gasteiger partial charge is 0.386 e. The Morgan fingerprint density at radius 2 is 1.89 bits per heavy atom. The topological polar surface area (TPSA) is 83.8 Å². The number of hydrogen-bond donors (Lipinski definition) is 2. The Kier molecular flexibility index (Phi) is 4.60. The van der Waals surface area contributed by atoms with Gasteiger partial charge in [-0.2, -0.15) is 0 Å². The summed E-state index contributed by atoms with van der Waals surface area (Å²) in [7, 11) is 0. The molecule has 0 amide bonds. The van der Waals surface area contributed by atoms with Crippen molar-refractivity contribution in [1.82, 2.24) is 19.5 Å². The maximum atomic E-state index is 12.4. The molecule has 1 fully saturated rings. The molecule has 0 unspecified atom stereocenters. The second kappa shape index (κ2) is 6.93. The minimum Gasteiger partial charge on any atom is -0.386 e. The fourth-order valence-corrected chi connectivity index (χ4v) is 3.91. The molecule has 142 valence electrons. The highest BCUT2D eigenvalue weighted by Gasteiger charge is 2.19. The molecule has 0 spiro atoms. The average Bonchev–Trinajstić information content (AvgIpc) is 2.97. The van der Waals surface area contributed by atoms with Crippen LogP contribution in [-0.4, -0.2) is 24.6 Å². The van der Waals surface area contributed by atoms with Crippen molar-refractivity contribution in [3.8, 4) is 11.3 Å². The van der Waals surface area contributed by atoms with Gasteiger partial charge in [0.2, 0.25) is 0 Å². The predicted octanol–water partition coefficient (Wildman–Crippen LogP) is 3.59. The fraction of sp³-hybridized carbons (Fsp3) is 0.476. The normalized spacial score (nSPS) is 16.1. The molecule has 6 heteroatoms. The molecular weight excluding hydrogens is 340 g/mol. The summed E-state index contributed by atoms with van der Waals surface area (Å²) >= 11 is 0. The molecule has 0 saturated heterocycles. The molecule has 2 aromatic heterocycles. The summed E-state index contributed by atoms with van der Waals surface area (Å²) in [6.07, 6.45) is 7.81. The van der Waals surface area contributed by atoms with Gasteiger partial charge in [-0.3, -0.25) is 9.55 Å². The predicted molar refractivity (Wildman–Crippen MR) is 105 cm³/mol. The molecule has 6 nitrogen and oxygen atoms in total. The summed E-state index contributed by atoms with van der Waals surface area (Å²) in [5.74, 6) is 0.534. The summed E-state index contributed by atoms with van der Waals surface area (Å²) < 4.78 is 1.74.